The zero-order valence-electron chi connectivity index (χ0n) is 12.7. The summed E-state index contributed by atoms with van der Waals surface area (Å²) in [4.78, 5) is 27.7. The van der Waals surface area contributed by atoms with Crippen LogP contribution in [0, 0.1) is 6.92 Å². The molecule has 0 radical (unpaired) electrons. The van der Waals surface area contributed by atoms with Crippen LogP contribution in [0.25, 0.3) is 0 Å². The molecule has 120 valence electrons. The number of aromatic nitrogens is 2. The molecule has 2 aromatic rings. The summed E-state index contributed by atoms with van der Waals surface area (Å²) in [5, 5.41) is 12.5. The smallest absolute Gasteiger partial charge is 0.258 e. The molecule has 7 heteroatoms. The van der Waals surface area contributed by atoms with Crippen molar-refractivity contribution in [3.05, 3.63) is 58.9 Å². The van der Waals surface area contributed by atoms with Gasteiger partial charge < -0.3 is 10.4 Å². The Kier molecular flexibility index (Phi) is 5.59. The second-order valence-corrected chi connectivity index (χ2v) is 5.78. The Morgan fingerprint density at radius 2 is 2.13 bits per heavy atom. The number of hydrogen-bond donors (Lipinski definition) is 2. The van der Waals surface area contributed by atoms with E-state index in [-0.39, 0.29) is 34.8 Å². The highest BCUT2D eigenvalue weighted by atomic mass is 32.2. The van der Waals surface area contributed by atoms with Crippen LogP contribution in [0.5, 0.6) is 5.88 Å². The quantitative estimate of drug-likeness (QED) is 0.481. The SMILES string of the molecule is C=CCn1c(SCC(=O)Nc2ccc(C)cc2)nc(O)cc1=O. The Hall–Kier alpha value is -2.54. The zero-order valence-corrected chi connectivity index (χ0v) is 13.5. The Balaban J connectivity index is 2.05. The molecule has 2 N–H and O–H groups in total. The molecule has 0 saturated heterocycles. The van der Waals surface area contributed by atoms with Crippen LogP contribution in [0.4, 0.5) is 5.69 Å². The molecular formula is C16H17N3O3S. The van der Waals surface area contributed by atoms with Crippen LogP contribution in [-0.4, -0.2) is 26.3 Å². The number of hydrogen-bond acceptors (Lipinski definition) is 5. The minimum atomic E-state index is -0.390. The predicted molar refractivity (Wildman–Crippen MR) is 90.9 cm³/mol. The van der Waals surface area contributed by atoms with Crippen molar-refractivity contribution in [2.24, 2.45) is 0 Å². The molecule has 0 aliphatic carbocycles. The lowest BCUT2D eigenvalue weighted by Crippen LogP contribution is -2.22. The second-order valence-electron chi connectivity index (χ2n) is 4.84. The number of amides is 1. The monoisotopic (exact) mass is 331 g/mol. The van der Waals surface area contributed by atoms with Gasteiger partial charge in [0.2, 0.25) is 11.8 Å². The highest BCUT2D eigenvalue weighted by molar-refractivity contribution is 7.99. The summed E-state index contributed by atoms with van der Waals surface area (Å²) >= 11 is 1.08. The summed E-state index contributed by atoms with van der Waals surface area (Å²) in [6.45, 7) is 5.80. The number of allylic oxidation sites excluding steroid dienone is 1. The van der Waals surface area contributed by atoms with Gasteiger partial charge in [0.15, 0.2) is 5.16 Å². The van der Waals surface area contributed by atoms with Gasteiger partial charge in [0.25, 0.3) is 5.56 Å². The van der Waals surface area contributed by atoms with Gasteiger partial charge in [0.1, 0.15) is 0 Å². The van der Waals surface area contributed by atoms with Crippen molar-refractivity contribution in [1.29, 1.82) is 0 Å². The third kappa shape index (κ3) is 4.72. The van der Waals surface area contributed by atoms with Crippen LogP contribution in [0.2, 0.25) is 0 Å². The molecule has 1 amide bonds. The highest BCUT2D eigenvalue weighted by Crippen LogP contribution is 2.17. The molecule has 0 aliphatic rings. The molecule has 0 fully saturated rings. The standard InChI is InChI=1S/C16H17N3O3S/c1-3-8-19-15(22)9-13(20)18-16(19)23-10-14(21)17-12-6-4-11(2)5-7-12/h3-7,9,20H,1,8,10H2,2H3,(H,17,21). The van der Waals surface area contributed by atoms with Gasteiger partial charge in [-0.15, -0.1) is 6.58 Å². The number of anilines is 1. The summed E-state index contributed by atoms with van der Waals surface area (Å²) in [5.41, 5.74) is 1.42. The van der Waals surface area contributed by atoms with Crippen molar-refractivity contribution in [3.8, 4) is 5.88 Å². The molecule has 23 heavy (non-hydrogen) atoms. The van der Waals surface area contributed by atoms with Gasteiger partial charge in [-0.05, 0) is 19.1 Å². The molecule has 0 aliphatic heterocycles. The number of aryl methyl sites for hydroxylation is 1. The maximum Gasteiger partial charge on any atom is 0.258 e. The summed E-state index contributed by atoms with van der Waals surface area (Å²) in [5.74, 6) is -0.515. The van der Waals surface area contributed by atoms with E-state index in [1.807, 2.05) is 31.2 Å². The first-order valence-electron chi connectivity index (χ1n) is 6.90. The van der Waals surface area contributed by atoms with E-state index in [1.165, 1.54) is 4.57 Å². The van der Waals surface area contributed by atoms with Crippen molar-refractivity contribution in [2.75, 3.05) is 11.1 Å². The van der Waals surface area contributed by atoms with E-state index < -0.39 is 0 Å². The summed E-state index contributed by atoms with van der Waals surface area (Å²) in [6.07, 6.45) is 1.55. The molecule has 1 aromatic carbocycles. The fourth-order valence-electron chi connectivity index (χ4n) is 1.84. The summed E-state index contributed by atoms with van der Waals surface area (Å²) in [6, 6.07) is 8.47. The van der Waals surface area contributed by atoms with E-state index in [0.717, 1.165) is 23.4 Å². The first kappa shape index (κ1) is 16.8. The fourth-order valence-corrected chi connectivity index (χ4v) is 2.66. The summed E-state index contributed by atoms with van der Waals surface area (Å²) in [7, 11) is 0. The Labute approximate surface area is 137 Å². The van der Waals surface area contributed by atoms with E-state index in [0.29, 0.717) is 5.69 Å². The van der Waals surface area contributed by atoms with Gasteiger partial charge >= 0.3 is 0 Å². The zero-order chi connectivity index (χ0) is 16.8. The molecule has 0 spiro atoms. The van der Waals surface area contributed by atoms with E-state index in [4.69, 9.17) is 0 Å². The number of carbonyl (C=O) groups is 1. The molecule has 1 aromatic heterocycles. The number of thioether (sulfide) groups is 1. The summed E-state index contributed by atoms with van der Waals surface area (Å²) < 4.78 is 1.34. The van der Waals surface area contributed by atoms with Crippen LogP contribution >= 0.6 is 11.8 Å². The lowest BCUT2D eigenvalue weighted by atomic mass is 10.2. The number of aromatic hydroxyl groups is 1. The Morgan fingerprint density at radius 1 is 1.43 bits per heavy atom. The van der Waals surface area contributed by atoms with E-state index in [9.17, 15) is 14.7 Å². The maximum absolute atomic E-state index is 12.0. The Bertz CT molecular complexity index is 769. The molecule has 0 atom stereocenters. The molecule has 2 rings (SSSR count). The number of carbonyl (C=O) groups excluding carboxylic acids is 1. The number of benzene rings is 1. The first-order valence-corrected chi connectivity index (χ1v) is 7.89. The van der Waals surface area contributed by atoms with Gasteiger partial charge in [-0.2, -0.15) is 4.98 Å². The number of nitrogens with zero attached hydrogens (tertiary/aromatic N) is 2. The topological polar surface area (TPSA) is 84.2 Å². The average molecular weight is 331 g/mol. The van der Waals surface area contributed by atoms with Crippen LogP contribution in [0.3, 0.4) is 0 Å². The van der Waals surface area contributed by atoms with Crippen LogP contribution in [0.15, 0.2) is 52.9 Å². The fraction of sp³-hybridized carbons (Fsp3) is 0.188. The van der Waals surface area contributed by atoms with Crippen LogP contribution in [0.1, 0.15) is 5.56 Å². The Morgan fingerprint density at radius 3 is 2.78 bits per heavy atom. The van der Waals surface area contributed by atoms with Crippen LogP contribution < -0.4 is 10.9 Å². The largest absolute Gasteiger partial charge is 0.493 e. The van der Waals surface area contributed by atoms with E-state index >= 15 is 0 Å². The molecule has 0 unspecified atom stereocenters. The third-order valence-corrected chi connectivity index (χ3v) is 3.92. The molecular weight excluding hydrogens is 314 g/mol. The van der Waals surface area contributed by atoms with Gasteiger partial charge in [-0.25, -0.2) is 0 Å². The average Bonchev–Trinajstić information content (AvgIpc) is 2.50. The highest BCUT2D eigenvalue weighted by Gasteiger charge is 2.11. The van der Waals surface area contributed by atoms with Crippen molar-refractivity contribution in [3.63, 3.8) is 0 Å². The number of rotatable bonds is 6. The van der Waals surface area contributed by atoms with Crippen molar-refractivity contribution in [1.82, 2.24) is 9.55 Å². The normalized spacial score (nSPS) is 10.3. The second kappa shape index (κ2) is 7.64. The number of nitrogens with one attached hydrogen (secondary N) is 1. The van der Waals surface area contributed by atoms with E-state index in [2.05, 4.69) is 16.9 Å². The molecule has 0 bridgehead atoms. The predicted octanol–water partition coefficient (Wildman–Crippen LogP) is 2.17. The molecule has 0 saturated carbocycles. The lowest BCUT2D eigenvalue weighted by molar-refractivity contribution is -0.113. The lowest BCUT2D eigenvalue weighted by Gasteiger charge is -2.10. The minimum Gasteiger partial charge on any atom is -0.493 e. The van der Waals surface area contributed by atoms with Crippen LogP contribution in [-0.2, 0) is 11.3 Å². The van der Waals surface area contributed by atoms with Gasteiger partial charge in [-0.3, -0.25) is 14.2 Å². The van der Waals surface area contributed by atoms with Crippen molar-refractivity contribution in [2.45, 2.75) is 18.6 Å². The van der Waals surface area contributed by atoms with Gasteiger partial charge in [-0.1, -0.05) is 35.5 Å². The molecule has 6 nitrogen and oxygen atoms in total. The maximum atomic E-state index is 12.0. The minimum absolute atomic E-state index is 0.0703. The van der Waals surface area contributed by atoms with Gasteiger partial charge in [0.05, 0.1) is 11.8 Å². The third-order valence-electron chi connectivity index (χ3n) is 2.94. The van der Waals surface area contributed by atoms with E-state index in [1.54, 1.807) is 6.08 Å². The first-order chi connectivity index (χ1) is 11.0. The van der Waals surface area contributed by atoms with Crippen molar-refractivity contribution >= 4 is 23.4 Å². The van der Waals surface area contributed by atoms with Gasteiger partial charge in [0, 0.05) is 12.2 Å². The van der Waals surface area contributed by atoms with Crippen molar-refractivity contribution < 1.29 is 9.90 Å². The molecule has 1 heterocycles.